The molecule has 3 rings (SSSR count). The Morgan fingerprint density at radius 2 is 2.21 bits per heavy atom. The van der Waals surface area contributed by atoms with Crippen LogP contribution in [0.4, 0.5) is 0 Å². The van der Waals surface area contributed by atoms with E-state index in [1.165, 1.54) is 4.70 Å². The highest BCUT2D eigenvalue weighted by Gasteiger charge is 2.08. The number of ether oxygens (including phenoxy) is 1. The quantitative estimate of drug-likeness (QED) is 0.180. The van der Waals surface area contributed by atoms with Crippen molar-refractivity contribution in [1.29, 1.82) is 0 Å². The second-order valence-corrected chi connectivity index (χ2v) is 8.34. The number of benzene rings is 2. The van der Waals surface area contributed by atoms with Crippen LogP contribution in [0.1, 0.15) is 11.1 Å². The van der Waals surface area contributed by atoms with Crippen LogP contribution in [-0.2, 0) is 5.75 Å². The van der Waals surface area contributed by atoms with Crippen LogP contribution in [0.3, 0.4) is 0 Å². The summed E-state index contributed by atoms with van der Waals surface area (Å²) in [6.45, 7) is 4.23. The third kappa shape index (κ3) is 5.54. The molecule has 3 aromatic rings. The van der Waals surface area contributed by atoms with Gasteiger partial charge >= 0.3 is 0 Å². The summed E-state index contributed by atoms with van der Waals surface area (Å²) in [6, 6.07) is 14.1. The van der Waals surface area contributed by atoms with Crippen LogP contribution in [0.15, 0.2) is 64.6 Å². The van der Waals surface area contributed by atoms with E-state index in [-0.39, 0.29) is 0 Å². The fourth-order valence-corrected chi connectivity index (χ4v) is 4.60. The van der Waals surface area contributed by atoms with Crippen molar-refractivity contribution >= 4 is 56.9 Å². The Morgan fingerprint density at radius 3 is 3.00 bits per heavy atom. The van der Waals surface area contributed by atoms with E-state index in [2.05, 4.69) is 39.5 Å². The molecule has 2 N–H and O–H groups in total. The number of thiocarbonyl (C=S) groups is 1. The highest BCUT2D eigenvalue weighted by Crippen LogP contribution is 2.33. The van der Waals surface area contributed by atoms with Gasteiger partial charge in [0.1, 0.15) is 5.75 Å². The third-order valence-electron chi connectivity index (χ3n) is 3.72. The summed E-state index contributed by atoms with van der Waals surface area (Å²) in [5.41, 5.74) is 5.87. The van der Waals surface area contributed by atoms with Gasteiger partial charge < -0.3 is 10.1 Å². The number of methoxy groups -OCH3 is 1. The Morgan fingerprint density at radius 1 is 1.36 bits per heavy atom. The van der Waals surface area contributed by atoms with Gasteiger partial charge in [-0.3, -0.25) is 5.43 Å². The summed E-state index contributed by atoms with van der Waals surface area (Å²) in [6.07, 6.45) is 3.46. The Kier molecular flexibility index (Phi) is 7.41. The number of para-hydroxylation sites is 1. The summed E-state index contributed by atoms with van der Waals surface area (Å²) in [4.78, 5) is 4.68. The predicted molar refractivity (Wildman–Crippen MR) is 124 cm³/mol. The van der Waals surface area contributed by atoms with Crippen LogP contribution in [-0.4, -0.2) is 30.0 Å². The number of thioether (sulfide) groups is 1. The first-order chi connectivity index (χ1) is 13.7. The molecule has 0 fully saturated rings. The molecule has 5 nitrogen and oxygen atoms in total. The summed E-state index contributed by atoms with van der Waals surface area (Å²) in [7, 11) is 1.68. The van der Waals surface area contributed by atoms with Crippen LogP contribution in [0.2, 0.25) is 0 Å². The number of thiazole rings is 1. The van der Waals surface area contributed by atoms with Crippen LogP contribution >= 0.6 is 35.3 Å². The van der Waals surface area contributed by atoms with E-state index in [0.29, 0.717) is 11.7 Å². The van der Waals surface area contributed by atoms with Crippen molar-refractivity contribution in [2.45, 2.75) is 10.1 Å². The zero-order valence-electron chi connectivity index (χ0n) is 15.3. The molecular formula is C20H20N4OS3. The van der Waals surface area contributed by atoms with Gasteiger partial charge in [0.15, 0.2) is 9.45 Å². The number of nitrogens with zero attached hydrogens (tertiary/aromatic N) is 2. The Hall–Kier alpha value is -2.42. The lowest BCUT2D eigenvalue weighted by molar-refractivity contribution is 0.411. The third-order valence-corrected chi connectivity index (χ3v) is 6.18. The molecule has 8 heteroatoms. The van der Waals surface area contributed by atoms with Crippen molar-refractivity contribution < 1.29 is 4.74 Å². The van der Waals surface area contributed by atoms with E-state index in [1.54, 1.807) is 42.5 Å². The first-order valence-corrected chi connectivity index (χ1v) is 10.7. The average Bonchev–Trinajstić information content (AvgIpc) is 3.14. The number of fused-ring (bicyclic) bond motifs is 1. The molecule has 1 heterocycles. The Balaban J connectivity index is 1.66. The molecule has 0 aliphatic heterocycles. The van der Waals surface area contributed by atoms with Gasteiger partial charge in [0.2, 0.25) is 0 Å². The van der Waals surface area contributed by atoms with E-state index in [4.69, 9.17) is 17.0 Å². The van der Waals surface area contributed by atoms with E-state index in [0.717, 1.165) is 32.5 Å². The second-order valence-electron chi connectivity index (χ2n) is 5.68. The van der Waals surface area contributed by atoms with Crippen LogP contribution in [0.25, 0.3) is 10.2 Å². The van der Waals surface area contributed by atoms with Gasteiger partial charge in [0.25, 0.3) is 0 Å². The van der Waals surface area contributed by atoms with E-state index >= 15 is 0 Å². The Bertz CT molecular complexity index is 967. The lowest BCUT2D eigenvalue weighted by Crippen LogP contribution is -2.31. The molecule has 0 saturated carbocycles. The zero-order chi connectivity index (χ0) is 19.8. The molecule has 2 aromatic carbocycles. The minimum atomic E-state index is 0.455. The standard InChI is InChI=1S/C20H20N4OS3/c1-3-10-21-19(26)24-22-12-14-8-9-17(25-2)15(11-14)13-27-20-23-16-6-4-5-7-18(16)28-20/h3-9,11-12H,1,10,13H2,2H3,(H2,21,24,26)/b22-12+. The summed E-state index contributed by atoms with van der Waals surface area (Å²) in [5, 5.41) is 7.58. The molecule has 144 valence electrons. The van der Waals surface area contributed by atoms with Gasteiger partial charge in [-0.25, -0.2) is 4.98 Å². The molecule has 0 amide bonds. The van der Waals surface area contributed by atoms with Crippen molar-refractivity contribution in [2.24, 2.45) is 5.10 Å². The maximum Gasteiger partial charge on any atom is 0.187 e. The molecule has 0 saturated heterocycles. The molecule has 0 aliphatic rings. The number of hydrazone groups is 1. The van der Waals surface area contributed by atoms with Crippen LogP contribution < -0.4 is 15.5 Å². The molecule has 0 unspecified atom stereocenters. The maximum atomic E-state index is 5.50. The highest BCUT2D eigenvalue weighted by atomic mass is 32.2. The number of rotatable bonds is 8. The van der Waals surface area contributed by atoms with Gasteiger partial charge in [0.05, 0.1) is 23.5 Å². The largest absolute Gasteiger partial charge is 0.496 e. The summed E-state index contributed by atoms with van der Waals surface area (Å²) >= 11 is 8.52. The maximum absolute atomic E-state index is 5.50. The molecule has 0 atom stereocenters. The first kappa shape index (κ1) is 20.3. The first-order valence-electron chi connectivity index (χ1n) is 8.52. The van der Waals surface area contributed by atoms with E-state index in [1.807, 2.05) is 30.3 Å². The monoisotopic (exact) mass is 428 g/mol. The average molecular weight is 429 g/mol. The van der Waals surface area contributed by atoms with Crippen molar-refractivity contribution in [3.8, 4) is 5.75 Å². The molecule has 0 radical (unpaired) electrons. The van der Waals surface area contributed by atoms with Gasteiger partial charge in [-0.15, -0.1) is 17.9 Å². The lowest BCUT2D eigenvalue weighted by atomic mass is 10.1. The molecule has 0 aliphatic carbocycles. The topological polar surface area (TPSA) is 58.5 Å². The highest BCUT2D eigenvalue weighted by molar-refractivity contribution is 8.00. The molecule has 1 aromatic heterocycles. The van der Waals surface area contributed by atoms with Gasteiger partial charge in [-0.1, -0.05) is 30.0 Å². The smallest absolute Gasteiger partial charge is 0.187 e. The zero-order valence-corrected chi connectivity index (χ0v) is 17.8. The number of hydrogen-bond donors (Lipinski definition) is 2. The van der Waals surface area contributed by atoms with Gasteiger partial charge in [-0.05, 0) is 48.1 Å². The minimum Gasteiger partial charge on any atom is -0.496 e. The van der Waals surface area contributed by atoms with E-state index in [9.17, 15) is 0 Å². The number of hydrogen-bond acceptors (Lipinski definition) is 6. The lowest BCUT2D eigenvalue weighted by Gasteiger charge is -2.08. The van der Waals surface area contributed by atoms with Gasteiger partial charge in [-0.2, -0.15) is 5.10 Å². The van der Waals surface area contributed by atoms with Crippen molar-refractivity contribution in [2.75, 3.05) is 13.7 Å². The number of aromatic nitrogens is 1. The summed E-state index contributed by atoms with van der Waals surface area (Å²) < 4.78 is 7.75. The summed E-state index contributed by atoms with van der Waals surface area (Å²) in [5.74, 6) is 1.61. The Labute approximate surface area is 177 Å². The minimum absolute atomic E-state index is 0.455. The van der Waals surface area contributed by atoms with Gasteiger partial charge in [0, 0.05) is 17.9 Å². The van der Waals surface area contributed by atoms with E-state index < -0.39 is 0 Å². The van der Waals surface area contributed by atoms with Crippen molar-refractivity contribution in [1.82, 2.24) is 15.7 Å². The van der Waals surface area contributed by atoms with Crippen LogP contribution in [0.5, 0.6) is 5.75 Å². The fraction of sp³-hybridized carbons (Fsp3) is 0.150. The molecular weight excluding hydrogens is 408 g/mol. The second kappa shape index (κ2) is 10.2. The van der Waals surface area contributed by atoms with Crippen molar-refractivity contribution in [3.63, 3.8) is 0 Å². The van der Waals surface area contributed by atoms with Crippen molar-refractivity contribution in [3.05, 3.63) is 66.2 Å². The van der Waals surface area contributed by atoms with Crippen LogP contribution in [0, 0.1) is 0 Å². The fourth-order valence-electron chi connectivity index (χ4n) is 2.41. The molecule has 0 bridgehead atoms. The SMILES string of the molecule is C=CCNC(=S)N/N=C/c1ccc(OC)c(CSc2nc3ccccc3s2)c1. The normalized spacial score (nSPS) is 10.9. The molecule has 28 heavy (non-hydrogen) atoms. The number of nitrogens with one attached hydrogen (secondary N) is 2. The molecule has 0 spiro atoms. The predicted octanol–water partition coefficient (Wildman–Crippen LogP) is 4.58.